The van der Waals surface area contributed by atoms with Crippen LogP contribution in [0.3, 0.4) is 0 Å². The number of carbonyl (C=O) groups excluding carboxylic acids is 1. The van der Waals surface area contributed by atoms with Gasteiger partial charge in [-0.15, -0.1) is 11.3 Å². The predicted octanol–water partition coefficient (Wildman–Crippen LogP) is 5.13. The van der Waals surface area contributed by atoms with E-state index in [1.807, 2.05) is 66.9 Å². The van der Waals surface area contributed by atoms with Crippen molar-refractivity contribution in [3.8, 4) is 22.6 Å². The number of benzene rings is 2. The van der Waals surface area contributed by atoms with E-state index in [-0.39, 0.29) is 5.91 Å². The van der Waals surface area contributed by atoms with Gasteiger partial charge in [-0.05, 0) is 13.3 Å². The summed E-state index contributed by atoms with van der Waals surface area (Å²) in [5.74, 6) is 1.03. The molecule has 0 atom stereocenters. The van der Waals surface area contributed by atoms with Crippen molar-refractivity contribution < 1.29 is 9.32 Å². The van der Waals surface area contributed by atoms with Crippen molar-refractivity contribution in [3.63, 3.8) is 0 Å². The van der Waals surface area contributed by atoms with E-state index in [9.17, 15) is 4.79 Å². The summed E-state index contributed by atoms with van der Waals surface area (Å²) in [6, 6.07) is 17.8. The summed E-state index contributed by atoms with van der Waals surface area (Å²) in [7, 11) is 0. The SMILES string of the molecule is Cc1ccc(-c2csc(NC(=O)CCCc3nc(-c4ccccc4)no3)n2)cc1. The van der Waals surface area contributed by atoms with Crippen LogP contribution in [0, 0.1) is 6.92 Å². The molecule has 1 N–H and O–H groups in total. The molecule has 0 aliphatic heterocycles. The van der Waals surface area contributed by atoms with Crippen LogP contribution in [0.15, 0.2) is 64.5 Å². The third-order valence-corrected chi connectivity index (χ3v) is 5.15. The molecule has 6 nitrogen and oxygen atoms in total. The van der Waals surface area contributed by atoms with Crippen LogP contribution in [0.5, 0.6) is 0 Å². The van der Waals surface area contributed by atoms with E-state index < -0.39 is 0 Å². The fourth-order valence-corrected chi connectivity index (χ4v) is 3.57. The second-order valence-electron chi connectivity index (χ2n) is 6.68. The molecule has 0 saturated carbocycles. The Bertz CT molecular complexity index is 1090. The fourth-order valence-electron chi connectivity index (χ4n) is 2.83. The maximum Gasteiger partial charge on any atom is 0.226 e. The molecule has 0 aliphatic rings. The number of anilines is 1. The Morgan fingerprint density at radius 2 is 1.83 bits per heavy atom. The van der Waals surface area contributed by atoms with Gasteiger partial charge in [0.1, 0.15) is 0 Å². The Labute approximate surface area is 172 Å². The van der Waals surface area contributed by atoms with Crippen LogP contribution >= 0.6 is 11.3 Å². The van der Waals surface area contributed by atoms with Gasteiger partial charge < -0.3 is 9.84 Å². The lowest BCUT2D eigenvalue weighted by molar-refractivity contribution is -0.116. The van der Waals surface area contributed by atoms with Crippen molar-refractivity contribution in [1.82, 2.24) is 15.1 Å². The highest BCUT2D eigenvalue weighted by atomic mass is 32.1. The molecule has 0 spiro atoms. The third-order valence-electron chi connectivity index (χ3n) is 4.39. The topological polar surface area (TPSA) is 80.9 Å². The molecule has 2 aromatic carbocycles. The van der Waals surface area contributed by atoms with Crippen LogP contribution in [0.25, 0.3) is 22.6 Å². The Morgan fingerprint density at radius 3 is 2.62 bits per heavy atom. The second-order valence-corrected chi connectivity index (χ2v) is 7.54. The molecule has 2 aromatic heterocycles. The number of aromatic nitrogens is 3. The minimum Gasteiger partial charge on any atom is -0.339 e. The molecule has 0 aliphatic carbocycles. The molecule has 4 aromatic rings. The van der Waals surface area contributed by atoms with E-state index in [0.29, 0.717) is 36.1 Å². The third kappa shape index (κ3) is 4.94. The summed E-state index contributed by atoms with van der Waals surface area (Å²) in [5.41, 5.74) is 4.02. The lowest BCUT2D eigenvalue weighted by Crippen LogP contribution is -2.11. The number of rotatable bonds is 7. The number of aryl methyl sites for hydroxylation is 2. The zero-order chi connectivity index (χ0) is 20.1. The van der Waals surface area contributed by atoms with Gasteiger partial charge >= 0.3 is 0 Å². The first-order valence-electron chi connectivity index (χ1n) is 9.38. The van der Waals surface area contributed by atoms with Crippen LogP contribution in [0.2, 0.25) is 0 Å². The molecular formula is C22H20N4O2S. The second kappa shape index (κ2) is 8.79. The molecule has 2 heterocycles. The average Bonchev–Trinajstić information content (AvgIpc) is 3.39. The number of hydrogen-bond acceptors (Lipinski definition) is 6. The first kappa shape index (κ1) is 19.0. The number of hydrogen-bond donors (Lipinski definition) is 1. The summed E-state index contributed by atoms with van der Waals surface area (Å²) in [6.07, 6.45) is 1.54. The average molecular weight is 404 g/mol. The van der Waals surface area contributed by atoms with Crippen molar-refractivity contribution in [2.75, 3.05) is 5.32 Å². The summed E-state index contributed by atoms with van der Waals surface area (Å²) < 4.78 is 5.28. The van der Waals surface area contributed by atoms with Crippen LogP contribution in [-0.2, 0) is 11.2 Å². The van der Waals surface area contributed by atoms with Crippen LogP contribution in [0.4, 0.5) is 5.13 Å². The largest absolute Gasteiger partial charge is 0.339 e. The van der Waals surface area contributed by atoms with Gasteiger partial charge in [0, 0.05) is 29.3 Å². The monoisotopic (exact) mass is 404 g/mol. The molecule has 4 rings (SSSR count). The normalized spacial score (nSPS) is 10.8. The van der Waals surface area contributed by atoms with E-state index in [0.717, 1.165) is 16.8 Å². The number of nitrogens with one attached hydrogen (secondary N) is 1. The van der Waals surface area contributed by atoms with Gasteiger partial charge in [0.15, 0.2) is 5.13 Å². The Balaban J connectivity index is 1.27. The first-order chi connectivity index (χ1) is 14.2. The number of nitrogens with zero attached hydrogens (tertiary/aromatic N) is 3. The van der Waals surface area contributed by atoms with Crippen LogP contribution in [-0.4, -0.2) is 21.0 Å². The number of amides is 1. The predicted molar refractivity (Wildman–Crippen MR) is 114 cm³/mol. The maximum absolute atomic E-state index is 12.2. The van der Waals surface area contributed by atoms with Gasteiger partial charge in [-0.25, -0.2) is 4.98 Å². The van der Waals surface area contributed by atoms with Crippen molar-refractivity contribution >= 4 is 22.4 Å². The molecule has 0 saturated heterocycles. The zero-order valence-electron chi connectivity index (χ0n) is 16.0. The molecule has 0 radical (unpaired) electrons. The summed E-state index contributed by atoms with van der Waals surface area (Å²) in [5, 5.41) is 9.41. The highest BCUT2D eigenvalue weighted by Crippen LogP contribution is 2.25. The van der Waals surface area contributed by atoms with Gasteiger partial charge in [-0.2, -0.15) is 4.98 Å². The van der Waals surface area contributed by atoms with E-state index in [1.54, 1.807) is 0 Å². The molecule has 29 heavy (non-hydrogen) atoms. The molecule has 0 bridgehead atoms. The molecule has 1 amide bonds. The molecule has 7 heteroatoms. The molecular weight excluding hydrogens is 384 g/mol. The van der Waals surface area contributed by atoms with Crippen LogP contribution in [0.1, 0.15) is 24.3 Å². The molecule has 0 fully saturated rings. The lowest BCUT2D eigenvalue weighted by Gasteiger charge is -2.00. The quantitative estimate of drug-likeness (QED) is 0.462. The summed E-state index contributed by atoms with van der Waals surface area (Å²) in [6.45, 7) is 2.05. The van der Waals surface area contributed by atoms with Crippen LogP contribution < -0.4 is 5.32 Å². The Hall–Kier alpha value is -3.32. The van der Waals surface area contributed by atoms with Crippen molar-refractivity contribution in [2.45, 2.75) is 26.2 Å². The highest BCUT2D eigenvalue weighted by Gasteiger charge is 2.11. The van der Waals surface area contributed by atoms with Gasteiger partial charge in [-0.1, -0.05) is 65.3 Å². The standard InChI is InChI=1S/C22H20N4O2S/c1-15-10-12-16(13-11-15)18-14-29-22(23-18)24-19(27)8-5-9-20-25-21(26-28-20)17-6-3-2-4-7-17/h2-4,6-7,10-14H,5,8-9H2,1H3,(H,23,24,27). The highest BCUT2D eigenvalue weighted by molar-refractivity contribution is 7.14. The van der Waals surface area contributed by atoms with Crippen molar-refractivity contribution in [2.24, 2.45) is 0 Å². The van der Waals surface area contributed by atoms with Crippen molar-refractivity contribution in [3.05, 3.63) is 71.4 Å². The summed E-state index contributed by atoms with van der Waals surface area (Å²) in [4.78, 5) is 21.1. The molecule has 0 unspecified atom stereocenters. The van der Waals surface area contributed by atoms with E-state index in [1.165, 1.54) is 16.9 Å². The van der Waals surface area contributed by atoms with E-state index >= 15 is 0 Å². The van der Waals surface area contributed by atoms with E-state index in [2.05, 4.69) is 20.4 Å². The van der Waals surface area contributed by atoms with Crippen molar-refractivity contribution in [1.29, 1.82) is 0 Å². The minimum absolute atomic E-state index is 0.0717. The maximum atomic E-state index is 12.2. The number of carbonyl (C=O) groups is 1. The fraction of sp³-hybridized carbons (Fsp3) is 0.182. The summed E-state index contributed by atoms with van der Waals surface area (Å²) >= 11 is 1.42. The smallest absolute Gasteiger partial charge is 0.226 e. The zero-order valence-corrected chi connectivity index (χ0v) is 16.8. The van der Waals surface area contributed by atoms with Gasteiger partial charge in [0.2, 0.25) is 17.6 Å². The minimum atomic E-state index is -0.0717. The van der Waals surface area contributed by atoms with Gasteiger partial charge in [-0.3, -0.25) is 4.79 Å². The Kier molecular flexibility index (Phi) is 5.76. The van der Waals surface area contributed by atoms with Gasteiger partial charge in [0.25, 0.3) is 0 Å². The lowest BCUT2D eigenvalue weighted by atomic mass is 10.1. The number of thiazole rings is 1. The first-order valence-corrected chi connectivity index (χ1v) is 10.3. The molecule has 146 valence electrons. The van der Waals surface area contributed by atoms with Gasteiger partial charge in [0.05, 0.1) is 5.69 Å². The Morgan fingerprint density at radius 1 is 1.03 bits per heavy atom. The van der Waals surface area contributed by atoms with E-state index in [4.69, 9.17) is 4.52 Å².